The normalized spacial score (nSPS) is 32.0. The number of nitrogens with two attached hydrogens (primary N) is 1. The maximum Gasteiger partial charge on any atom is 0.331 e. The Morgan fingerprint density at radius 2 is 1.96 bits per heavy atom. The van der Waals surface area contributed by atoms with Gasteiger partial charge >= 0.3 is 11.9 Å². The number of aliphatic hydroxyl groups is 1. The zero-order valence-corrected chi connectivity index (χ0v) is 14.9. The number of rotatable bonds is 7. The number of nitrogens with one attached hydrogen (secondary N) is 1. The molecule has 0 aromatic carbocycles. The molecule has 3 unspecified atom stereocenters. The summed E-state index contributed by atoms with van der Waals surface area (Å²) in [5, 5.41) is 20.4. The van der Waals surface area contributed by atoms with Gasteiger partial charge in [0.25, 0.3) is 0 Å². The van der Waals surface area contributed by atoms with Gasteiger partial charge in [0.05, 0.1) is 19.1 Å². The Bertz CT molecular complexity index is 559. The van der Waals surface area contributed by atoms with Crippen molar-refractivity contribution in [3.05, 3.63) is 0 Å². The van der Waals surface area contributed by atoms with Gasteiger partial charge in [-0.3, -0.25) is 9.59 Å². The Labute approximate surface area is 147 Å². The van der Waals surface area contributed by atoms with E-state index in [9.17, 15) is 19.5 Å². The number of carboxylic acid groups (broad SMARTS) is 1. The molecule has 2 saturated carbocycles. The molecule has 5 atom stereocenters. The van der Waals surface area contributed by atoms with Crippen LogP contribution >= 0.6 is 0 Å². The van der Waals surface area contributed by atoms with Crippen LogP contribution < -0.4 is 11.1 Å². The van der Waals surface area contributed by atoms with Crippen molar-refractivity contribution >= 4 is 17.8 Å². The zero-order valence-electron chi connectivity index (χ0n) is 14.9. The molecule has 2 fully saturated rings. The summed E-state index contributed by atoms with van der Waals surface area (Å²) in [7, 11) is 0. The third kappa shape index (κ3) is 3.79. The highest BCUT2D eigenvalue weighted by atomic mass is 16.5. The van der Waals surface area contributed by atoms with Gasteiger partial charge in [0, 0.05) is 10.8 Å². The molecule has 0 aromatic rings. The van der Waals surface area contributed by atoms with Gasteiger partial charge in [-0.05, 0) is 25.2 Å². The standard InChI is InChI=1S/C17H28N2O6/c1-16(2)9-4-5-17(3,7-9)15(16)25-14(24)11(8-20)19-13(23)10(18)6-12(21)22/h9-11,15,20H,4-8,18H2,1-3H3,(H,19,23)(H,21,22)/t9?,10-,11+,15?,17?/m0/s1. The van der Waals surface area contributed by atoms with E-state index in [1.54, 1.807) is 0 Å². The molecule has 8 nitrogen and oxygen atoms in total. The molecule has 2 aliphatic carbocycles. The molecule has 1 amide bonds. The van der Waals surface area contributed by atoms with Gasteiger partial charge in [0.15, 0.2) is 6.04 Å². The minimum Gasteiger partial charge on any atom is -0.481 e. The molecule has 0 aromatic heterocycles. The SMILES string of the molecule is CC12CCC(C1)C(C)(C)C2OC(=O)[C@@H](CO)NC(=O)[C@@H](N)CC(=O)O. The highest BCUT2D eigenvalue weighted by molar-refractivity contribution is 5.89. The zero-order chi connectivity index (χ0) is 19.0. The van der Waals surface area contributed by atoms with Crippen LogP contribution in [0.3, 0.4) is 0 Å². The molecule has 0 aliphatic heterocycles. The van der Waals surface area contributed by atoms with E-state index in [1.807, 2.05) is 0 Å². The minimum absolute atomic E-state index is 0.0897. The van der Waals surface area contributed by atoms with Crippen molar-refractivity contribution in [2.75, 3.05) is 6.61 Å². The Kier molecular flexibility index (Phi) is 5.44. The van der Waals surface area contributed by atoms with Gasteiger partial charge in [-0.1, -0.05) is 20.8 Å². The molecule has 2 rings (SSSR count). The molecule has 0 heterocycles. The van der Waals surface area contributed by atoms with Crippen LogP contribution in [-0.4, -0.2) is 52.9 Å². The van der Waals surface area contributed by atoms with Gasteiger partial charge in [-0.2, -0.15) is 0 Å². The third-order valence-electron chi connectivity index (χ3n) is 5.89. The van der Waals surface area contributed by atoms with E-state index >= 15 is 0 Å². The van der Waals surface area contributed by atoms with E-state index in [0.29, 0.717) is 5.92 Å². The van der Waals surface area contributed by atoms with E-state index in [0.717, 1.165) is 19.3 Å². The number of carboxylic acids is 1. The van der Waals surface area contributed by atoms with Crippen LogP contribution in [0.15, 0.2) is 0 Å². The van der Waals surface area contributed by atoms with Crippen LogP contribution in [-0.2, 0) is 19.1 Å². The average Bonchev–Trinajstić information content (AvgIpc) is 2.99. The molecular formula is C17H28N2O6. The molecule has 0 radical (unpaired) electrons. The van der Waals surface area contributed by atoms with Crippen molar-refractivity contribution < 1.29 is 29.3 Å². The van der Waals surface area contributed by atoms with Gasteiger partial charge < -0.3 is 26.0 Å². The summed E-state index contributed by atoms with van der Waals surface area (Å²) in [5.41, 5.74) is 5.22. The molecule has 2 aliphatic rings. The van der Waals surface area contributed by atoms with Crippen molar-refractivity contribution in [3.63, 3.8) is 0 Å². The monoisotopic (exact) mass is 356 g/mol. The molecule has 0 saturated heterocycles. The van der Waals surface area contributed by atoms with Crippen molar-refractivity contribution in [2.24, 2.45) is 22.5 Å². The van der Waals surface area contributed by atoms with Crippen molar-refractivity contribution in [2.45, 2.75) is 64.6 Å². The second-order valence-electron chi connectivity index (χ2n) is 8.18. The Morgan fingerprint density at radius 1 is 1.32 bits per heavy atom. The first kappa shape index (κ1) is 19.7. The third-order valence-corrected chi connectivity index (χ3v) is 5.89. The Balaban J connectivity index is 2.01. The number of aliphatic carboxylic acids is 1. The maximum atomic E-state index is 12.5. The summed E-state index contributed by atoms with van der Waals surface area (Å²) in [4.78, 5) is 35.0. The van der Waals surface area contributed by atoms with Crippen LogP contribution in [0.25, 0.3) is 0 Å². The van der Waals surface area contributed by atoms with Gasteiger partial charge in [-0.15, -0.1) is 0 Å². The second-order valence-corrected chi connectivity index (χ2v) is 8.18. The first-order valence-corrected chi connectivity index (χ1v) is 8.60. The molecule has 5 N–H and O–H groups in total. The molecule has 0 spiro atoms. The number of aliphatic hydroxyl groups excluding tert-OH is 1. The van der Waals surface area contributed by atoms with Crippen LogP contribution in [0.1, 0.15) is 46.5 Å². The summed E-state index contributed by atoms with van der Waals surface area (Å²) in [6.07, 6.45) is 2.25. The van der Waals surface area contributed by atoms with Gasteiger partial charge in [0.1, 0.15) is 6.10 Å². The number of ether oxygens (including phenoxy) is 1. The fraction of sp³-hybridized carbons (Fsp3) is 0.824. The van der Waals surface area contributed by atoms with E-state index in [-0.39, 0.29) is 16.9 Å². The number of esters is 1. The number of fused-ring (bicyclic) bond motifs is 2. The van der Waals surface area contributed by atoms with E-state index in [1.165, 1.54) is 0 Å². The Morgan fingerprint density at radius 3 is 2.44 bits per heavy atom. The summed E-state index contributed by atoms with van der Waals surface area (Å²) < 4.78 is 5.71. The first-order chi connectivity index (χ1) is 11.5. The van der Waals surface area contributed by atoms with E-state index in [4.69, 9.17) is 15.6 Å². The van der Waals surface area contributed by atoms with Crippen LogP contribution in [0.4, 0.5) is 0 Å². The van der Waals surface area contributed by atoms with Crippen molar-refractivity contribution in [3.8, 4) is 0 Å². The fourth-order valence-corrected chi connectivity index (χ4v) is 4.49. The smallest absolute Gasteiger partial charge is 0.331 e. The number of hydrogen-bond acceptors (Lipinski definition) is 6. The number of carbonyl (C=O) groups is 3. The Hall–Kier alpha value is -1.67. The molecule has 142 valence electrons. The van der Waals surface area contributed by atoms with E-state index < -0.39 is 43.0 Å². The maximum absolute atomic E-state index is 12.5. The molecular weight excluding hydrogens is 328 g/mol. The van der Waals surface area contributed by atoms with Gasteiger partial charge in [0.2, 0.25) is 5.91 Å². The molecule has 25 heavy (non-hydrogen) atoms. The highest BCUT2D eigenvalue weighted by Gasteiger charge is 2.61. The minimum atomic E-state index is -1.30. The predicted molar refractivity (Wildman–Crippen MR) is 88.4 cm³/mol. The lowest BCUT2D eigenvalue weighted by Crippen LogP contribution is -2.53. The van der Waals surface area contributed by atoms with Crippen LogP contribution in [0.2, 0.25) is 0 Å². The quantitative estimate of drug-likeness (QED) is 0.472. The van der Waals surface area contributed by atoms with Gasteiger partial charge in [-0.25, -0.2) is 4.79 Å². The number of carbonyl (C=O) groups excluding carboxylic acids is 2. The summed E-state index contributed by atoms with van der Waals surface area (Å²) in [6, 6.07) is -2.55. The average molecular weight is 356 g/mol. The summed E-state index contributed by atoms with van der Waals surface area (Å²) in [6.45, 7) is 5.62. The lowest BCUT2D eigenvalue weighted by Gasteiger charge is -2.42. The first-order valence-electron chi connectivity index (χ1n) is 8.60. The lowest BCUT2D eigenvalue weighted by atomic mass is 9.70. The van der Waals surface area contributed by atoms with E-state index in [2.05, 4.69) is 26.1 Å². The summed E-state index contributed by atoms with van der Waals surface area (Å²) in [5.74, 6) is -2.26. The highest BCUT2D eigenvalue weighted by Crippen LogP contribution is 2.63. The topological polar surface area (TPSA) is 139 Å². The lowest BCUT2D eigenvalue weighted by molar-refractivity contribution is -0.169. The van der Waals surface area contributed by atoms with Crippen LogP contribution in [0.5, 0.6) is 0 Å². The summed E-state index contributed by atoms with van der Waals surface area (Å²) >= 11 is 0. The second kappa shape index (κ2) is 6.92. The fourth-order valence-electron chi connectivity index (χ4n) is 4.49. The van der Waals surface area contributed by atoms with Crippen LogP contribution in [0, 0.1) is 16.7 Å². The van der Waals surface area contributed by atoms with Crippen molar-refractivity contribution in [1.82, 2.24) is 5.32 Å². The number of hydrogen-bond donors (Lipinski definition) is 4. The number of amides is 1. The largest absolute Gasteiger partial charge is 0.481 e. The van der Waals surface area contributed by atoms with Crippen molar-refractivity contribution in [1.29, 1.82) is 0 Å². The molecule has 8 heteroatoms. The predicted octanol–water partition coefficient (Wildman–Crippen LogP) is 0.0235. The molecule has 2 bridgehead atoms.